The fraction of sp³-hybridized carbons (Fsp3) is 0.143. The zero-order valence-corrected chi connectivity index (χ0v) is 11.6. The molecule has 0 amide bonds. The highest BCUT2D eigenvalue weighted by atomic mass is 32.2. The van der Waals surface area contributed by atoms with Crippen LogP contribution in [-0.4, -0.2) is 19.7 Å². The van der Waals surface area contributed by atoms with Crippen LogP contribution < -0.4 is 4.74 Å². The summed E-state index contributed by atoms with van der Waals surface area (Å²) in [6.45, 7) is 0.218. The highest BCUT2D eigenvalue weighted by molar-refractivity contribution is 7.90. The van der Waals surface area contributed by atoms with Crippen LogP contribution in [0.2, 0.25) is 0 Å². The molecule has 0 spiro atoms. The Morgan fingerprint density at radius 1 is 1.25 bits per heavy atom. The number of nitriles is 1. The molecule has 5 nitrogen and oxygen atoms in total. The van der Waals surface area contributed by atoms with Crippen molar-refractivity contribution in [3.8, 4) is 11.9 Å². The Kier molecular flexibility index (Phi) is 4.01. The van der Waals surface area contributed by atoms with Crippen LogP contribution in [0.5, 0.6) is 5.88 Å². The van der Waals surface area contributed by atoms with E-state index in [2.05, 4.69) is 4.98 Å². The Balaban J connectivity index is 2.10. The summed E-state index contributed by atoms with van der Waals surface area (Å²) >= 11 is 0. The van der Waals surface area contributed by atoms with Crippen LogP contribution in [0.1, 0.15) is 11.1 Å². The minimum atomic E-state index is -3.19. The smallest absolute Gasteiger partial charge is 0.231 e. The fourth-order valence-corrected chi connectivity index (χ4v) is 2.21. The van der Waals surface area contributed by atoms with Crippen LogP contribution in [-0.2, 0) is 16.4 Å². The Hall–Kier alpha value is -2.39. The van der Waals surface area contributed by atoms with E-state index in [1.807, 2.05) is 6.07 Å². The lowest BCUT2D eigenvalue weighted by Crippen LogP contribution is -2.01. The minimum absolute atomic E-state index is 0.218. The number of ether oxygens (including phenoxy) is 1. The van der Waals surface area contributed by atoms with Crippen molar-refractivity contribution in [3.63, 3.8) is 0 Å². The van der Waals surface area contributed by atoms with E-state index in [1.54, 1.807) is 30.5 Å². The normalized spacial score (nSPS) is 10.8. The monoisotopic (exact) mass is 288 g/mol. The first-order chi connectivity index (χ1) is 9.50. The molecule has 1 aromatic carbocycles. The molecular formula is C14H12N2O3S. The molecule has 0 atom stereocenters. The van der Waals surface area contributed by atoms with Crippen molar-refractivity contribution in [2.45, 2.75) is 11.5 Å². The number of hydrogen-bond acceptors (Lipinski definition) is 5. The highest BCUT2D eigenvalue weighted by Crippen LogP contribution is 2.16. The molecule has 0 aliphatic rings. The standard InChI is InChI=1S/C14H12N2O3S/c1-20(17,18)13-6-4-11(5-7-13)10-19-14-12(9-15)3-2-8-16-14/h2-8H,10H2,1H3. The van der Waals surface area contributed by atoms with Crippen molar-refractivity contribution < 1.29 is 13.2 Å². The predicted octanol–water partition coefficient (Wildman–Crippen LogP) is 1.94. The number of nitrogens with zero attached hydrogens (tertiary/aromatic N) is 2. The third kappa shape index (κ3) is 3.33. The molecule has 0 N–H and O–H groups in total. The zero-order valence-electron chi connectivity index (χ0n) is 10.8. The third-order valence-corrected chi connectivity index (χ3v) is 3.75. The maximum atomic E-state index is 11.3. The van der Waals surface area contributed by atoms with Crippen molar-refractivity contribution >= 4 is 9.84 Å². The molecule has 0 aliphatic heterocycles. The lowest BCUT2D eigenvalue weighted by molar-refractivity contribution is 0.293. The van der Waals surface area contributed by atoms with E-state index >= 15 is 0 Å². The van der Waals surface area contributed by atoms with Crippen LogP contribution in [0.3, 0.4) is 0 Å². The van der Waals surface area contributed by atoms with Crippen LogP contribution >= 0.6 is 0 Å². The second kappa shape index (κ2) is 5.72. The van der Waals surface area contributed by atoms with Gasteiger partial charge in [-0.15, -0.1) is 0 Å². The minimum Gasteiger partial charge on any atom is -0.472 e. The molecular weight excluding hydrogens is 276 g/mol. The highest BCUT2D eigenvalue weighted by Gasteiger charge is 2.07. The summed E-state index contributed by atoms with van der Waals surface area (Å²) in [6, 6.07) is 11.7. The first kappa shape index (κ1) is 14.0. The second-order valence-corrected chi connectivity index (χ2v) is 6.19. The van der Waals surface area contributed by atoms with Crippen LogP contribution in [0.15, 0.2) is 47.5 Å². The molecule has 102 valence electrons. The molecule has 0 bridgehead atoms. The third-order valence-electron chi connectivity index (χ3n) is 2.62. The van der Waals surface area contributed by atoms with E-state index in [4.69, 9.17) is 10.00 Å². The molecule has 20 heavy (non-hydrogen) atoms. The Morgan fingerprint density at radius 2 is 1.95 bits per heavy atom. The summed E-state index contributed by atoms with van der Waals surface area (Å²) in [7, 11) is -3.19. The van der Waals surface area contributed by atoms with E-state index in [9.17, 15) is 8.42 Å². The SMILES string of the molecule is CS(=O)(=O)c1ccc(COc2ncccc2C#N)cc1. The number of aromatic nitrogens is 1. The number of sulfone groups is 1. The Bertz CT molecular complexity index is 747. The molecule has 0 unspecified atom stereocenters. The van der Waals surface area contributed by atoms with E-state index in [1.165, 1.54) is 12.1 Å². The molecule has 1 aromatic heterocycles. The molecule has 0 radical (unpaired) electrons. The van der Waals surface area contributed by atoms with Gasteiger partial charge in [0.1, 0.15) is 18.2 Å². The van der Waals surface area contributed by atoms with E-state index in [-0.39, 0.29) is 17.4 Å². The molecule has 0 aliphatic carbocycles. The lowest BCUT2D eigenvalue weighted by atomic mass is 10.2. The number of pyridine rings is 1. The largest absolute Gasteiger partial charge is 0.472 e. The van der Waals surface area contributed by atoms with Crippen molar-refractivity contribution in [2.24, 2.45) is 0 Å². The molecule has 0 saturated carbocycles. The average Bonchev–Trinajstić information content (AvgIpc) is 2.45. The van der Waals surface area contributed by atoms with Gasteiger partial charge in [-0.2, -0.15) is 5.26 Å². The van der Waals surface area contributed by atoms with Gasteiger partial charge < -0.3 is 4.74 Å². The molecule has 1 heterocycles. The first-order valence-corrected chi connectivity index (χ1v) is 7.67. The summed E-state index contributed by atoms with van der Waals surface area (Å²) in [5.74, 6) is 0.266. The average molecular weight is 288 g/mol. The molecule has 0 saturated heterocycles. The van der Waals surface area contributed by atoms with Crippen molar-refractivity contribution in [2.75, 3.05) is 6.26 Å². The maximum Gasteiger partial charge on any atom is 0.231 e. The summed E-state index contributed by atoms with van der Waals surface area (Å²) < 4.78 is 28.1. The van der Waals surface area contributed by atoms with Crippen molar-refractivity contribution in [3.05, 3.63) is 53.7 Å². The van der Waals surface area contributed by atoms with Crippen LogP contribution in [0, 0.1) is 11.3 Å². The van der Waals surface area contributed by atoms with Crippen molar-refractivity contribution in [1.29, 1.82) is 5.26 Å². The summed E-state index contributed by atoms with van der Waals surface area (Å²) in [6.07, 6.45) is 2.70. The van der Waals surface area contributed by atoms with Gasteiger partial charge in [-0.25, -0.2) is 13.4 Å². The van der Waals surface area contributed by atoms with Gasteiger partial charge in [0.25, 0.3) is 0 Å². The summed E-state index contributed by atoms with van der Waals surface area (Å²) in [4.78, 5) is 4.24. The predicted molar refractivity (Wildman–Crippen MR) is 72.8 cm³/mol. The Labute approximate surface area is 117 Å². The van der Waals surface area contributed by atoms with Gasteiger partial charge in [-0.05, 0) is 29.8 Å². The number of rotatable bonds is 4. The Morgan fingerprint density at radius 3 is 2.55 bits per heavy atom. The van der Waals surface area contributed by atoms with Gasteiger partial charge in [-0.3, -0.25) is 0 Å². The second-order valence-electron chi connectivity index (χ2n) is 4.17. The van der Waals surface area contributed by atoms with Crippen molar-refractivity contribution in [1.82, 2.24) is 4.98 Å². The van der Waals surface area contributed by atoms with E-state index < -0.39 is 9.84 Å². The van der Waals surface area contributed by atoms with Gasteiger partial charge in [0.2, 0.25) is 5.88 Å². The summed E-state index contributed by atoms with van der Waals surface area (Å²) in [5.41, 5.74) is 1.16. The van der Waals surface area contributed by atoms with Gasteiger partial charge in [0, 0.05) is 12.5 Å². The maximum absolute atomic E-state index is 11.3. The molecule has 6 heteroatoms. The number of hydrogen-bond donors (Lipinski definition) is 0. The van der Waals surface area contributed by atoms with Gasteiger partial charge in [0.15, 0.2) is 9.84 Å². The van der Waals surface area contributed by atoms with Crippen LogP contribution in [0.25, 0.3) is 0 Å². The van der Waals surface area contributed by atoms with Crippen LogP contribution in [0.4, 0.5) is 0 Å². The molecule has 2 aromatic rings. The van der Waals surface area contributed by atoms with Gasteiger partial charge in [0.05, 0.1) is 4.90 Å². The summed E-state index contributed by atoms with van der Waals surface area (Å²) in [5, 5.41) is 8.90. The quantitative estimate of drug-likeness (QED) is 0.858. The topological polar surface area (TPSA) is 80.1 Å². The molecule has 0 fully saturated rings. The molecule has 2 rings (SSSR count). The first-order valence-electron chi connectivity index (χ1n) is 5.77. The van der Waals surface area contributed by atoms with Gasteiger partial charge >= 0.3 is 0 Å². The van der Waals surface area contributed by atoms with E-state index in [0.717, 1.165) is 11.8 Å². The fourth-order valence-electron chi connectivity index (χ4n) is 1.58. The van der Waals surface area contributed by atoms with E-state index in [0.29, 0.717) is 5.56 Å². The van der Waals surface area contributed by atoms with Gasteiger partial charge in [-0.1, -0.05) is 12.1 Å². The lowest BCUT2D eigenvalue weighted by Gasteiger charge is -2.07. The zero-order chi connectivity index (χ0) is 14.6. The number of benzene rings is 1.